The molecule has 0 saturated carbocycles. The average Bonchev–Trinajstić information content (AvgIpc) is 3.16. The van der Waals surface area contributed by atoms with Crippen molar-refractivity contribution in [2.45, 2.75) is 31.5 Å². The van der Waals surface area contributed by atoms with Gasteiger partial charge < -0.3 is 10.0 Å². The molecule has 7 heteroatoms. The molecule has 1 N–H and O–H groups in total. The Bertz CT molecular complexity index is 721. The highest BCUT2D eigenvalue weighted by Gasteiger charge is 2.36. The fraction of sp³-hybridized carbons (Fsp3) is 0.600. The maximum Gasteiger partial charge on any atom is 0.110 e. The van der Waals surface area contributed by atoms with Gasteiger partial charge in [-0.15, -0.1) is 11.3 Å². The zero-order valence-corrected chi connectivity index (χ0v) is 16.9. The van der Waals surface area contributed by atoms with Gasteiger partial charge in [-0.25, -0.2) is 4.98 Å². The van der Waals surface area contributed by atoms with Crippen molar-refractivity contribution in [2.75, 3.05) is 46.3 Å². The highest BCUT2D eigenvalue weighted by molar-refractivity contribution is 7.09. The highest BCUT2D eigenvalue weighted by atomic mass is 32.1. The third-order valence-corrected chi connectivity index (χ3v) is 6.61. The number of piperidine rings is 1. The van der Waals surface area contributed by atoms with Crippen molar-refractivity contribution in [2.24, 2.45) is 0 Å². The van der Waals surface area contributed by atoms with Crippen LogP contribution in [0.1, 0.15) is 29.2 Å². The molecule has 2 aliphatic heterocycles. The summed E-state index contributed by atoms with van der Waals surface area (Å²) in [4.78, 5) is 16.4. The van der Waals surface area contributed by atoms with E-state index in [-0.39, 0.29) is 0 Å². The van der Waals surface area contributed by atoms with Gasteiger partial charge in [-0.05, 0) is 32.0 Å². The van der Waals surface area contributed by atoms with Gasteiger partial charge in [0.05, 0.1) is 17.9 Å². The van der Waals surface area contributed by atoms with Gasteiger partial charge in [0.25, 0.3) is 0 Å². The number of piperazine rings is 1. The van der Waals surface area contributed by atoms with Gasteiger partial charge in [-0.3, -0.25) is 14.8 Å². The second-order valence-corrected chi connectivity index (χ2v) is 8.78. The first-order valence-electron chi connectivity index (χ1n) is 9.81. The lowest BCUT2D eigenvalue weighted by molar-refractivity contribution is -0.0310. The van der Waals surface area contributed by atoms with Gasteiger partial charge in [0.15, 0.2) is 0 Å². The second-order valence-electron chi connectivity index (χ2n) is 7.83. The molecule has 2 aliphatic rings. The Morgan fingerprint density at radius 2 is 1.78 bits per heavy atom. The van der Waals surface area contributed by atoms with Crippen LogP contribution in [0.4, 0.5) is 0 Å². The molecular weight excluding hydrogens is 358 g/mol. The monoisotopic (exact) mass is 387 g/mol. The molecule has 0 aromatic carbocycles. The summed E-state index contributed by atoms with van der Waals surface area (Å²) in [5.74, 6) is 0. The summed E-state index contributed by atoms with van der Waals surface area (Å²) in [6, 6.07) is 6.03. The zero-order chi connectivity index (χ0) is 18.7. The maximum absolute atomic E-state index is 11.2. The van der Waals surface area contributed by atoms with Crippen LogP contribution in [0.5, 0.6) is 0 Å². The SMILES string of the molecule is CN1CCN(Cc2nc(C3(O)CCN(Cc4ccccn4)CC3)cs2)CC1. The van der Waals surface area contributed by atoms with Crippen LogP contribution in [0.15, 0.2) is 29.8 Å². The van der Waals surface area contributed by atoms with Crippen LogP contribution in [0.2, 0.25) is 0 Å². The van der Waals surface area contributed by atoms with E-state index in [1.165, 1.54) is 0 Å². The Kier molecular flexibility index (Phi) is 5.85. The minimum absolute atomic E-state index is 0.734. The van der Waals surface area contributed by atoms with Crippen molar-refractivity contribution in [1.29, 1.82) is 0 Å². The number of hydrogen-bond donors (Lipinski definition) is 1. The predicted octanol–water partition coefficient (Wildman–Crippen LogP) is 1.77. The lowest BCUT2D eigenvalue weighted by atomic mass is 9.89. The molecule has 146 valence electrons. The molecule has 2 aromatic heterocycles. The number of nitrogens with zero attached hydrogens (tertiary/aromatic N) is 5. The van der Waals surface area contributed by atoms with Crippen LogP contribution in [0.3, 0.4) is 0 Å². The van der Waals surface area contributed by atoms with E-state index in [9.17, 15) is 5.11 Å². The molecule has 0 bridgehead atoms. The summed E-state index contributed by atoms with van der Waals surface area (Å²) < 4.78 is 0. The minimum atomic E-state index is -0.780. The van der Waals surface area contributed by atoms with E-state index < -0.39 is 5.60 Å². The van der Waals surface area contributed by atoms with Gasteiger partial charge in [-0.1, -0.05) is 6.07 Å². The van der Waals surface area contributed by atoms with Gasteiger partial charge in [-0.2, -0.15) is 0 Å². The summed E-state index contributed by atoms with van der Waals surface area (Å²) in [7, 11) is 2.18. The Balaban J connectivity index is 1.32. The molecule has 0 amide bonds. The summed E-state index contributed by atoms with van der Waals surface area (Å²) in [6.45, 7) is 7.93. The molecule has 4 rings (SSSR count). The molecule has 0 radical (unpaired) electrons. The number of likely N-dealkylation sites (N-methyl/N-ethyl adjacent to an activating group) is 1. The van der Waals surface area contributed by atoms with E-state index in [0.29, 0.717) is 0 Å². The van der Waals surface area contributed by atoms with Crippen molar-refractivity contribution in [3.05, 3.63) is 46.2 Å². The Morgan fingerprint density at radius 3 is 2.48 bits per heavy atom. The third-order valence-electron chi connectivity index (χ3n) is 5.78. The molecule has 2 fully saturated rings. The van der Waals surface area contributed by atoms with E-state index in [0.717, 1.165) is 81.6 Å². The van der Waals surface area contributed by atoms with Crippen molar-refractivity contribution in [1.82, 2.24) is 24.7 Å². The maximum atomic E-state index is 11.2. The summed E-state index contributed by atoms with van der Waals surface area (Å²) in [6.07, 6.45) is 3.31. The summed E-state index contributed by atoms with van der Waals surface area (Å²) in [5.41, 5.74) is 1.18. The van der Waals surface area contributed by atoms with Crippen LogP contribution in [0, 0.1) is 0 Å². The molecule has 4 heterocycles. The molecule has 2 aromatic rings. The summed E-state index contributed by atoms with van der Waals surface area (Å²) >= 11 is 1.69. The second kappa shape index (κ2) is 8.32. The fourth-order valence-electron chi connectivity index (χ4n) is 3.85. The van der Waals surface area contributed by atoms with Crippen molar-refractivity contribution in [3.8, 4) is 0 Å². The molecule has 0 unspecified atom stereocenters. The van der Waals surface area contributed by atoms with Crippen LogP contribution < -0.4 is 0 Å². The summed E-state index contributed by atoms with van der Waals surface area (Å²) in [5, 5.41) is 14.4. The lowest BCUT2D eigenvalue weighted by Crippen LogP contribution is -2.44. The zero-order valence-electron chi connectivity index (χ0n) is 16.0. The number of thiazole rings is 1. The predicted molar refractivity (Wildman–Crippen MR) is 108 cm³/mol. The van der Waals surface area contributed by atoms with E-state index in [4.69, 9.17) is 4.98 Å². The average molecular weight is 388 g/mol. The Hall–Kier alpha value is -1.38. The third kappa shape index (κ3) is 4.73. The van der Waals surface area contributed by atoms with Gasteiger partial charge in [0.2, 0.25) is 0 Å². The molecule has 6 nitrogen and oxygen atoms in total. The van der Waals surface area contributed by atoms with Crippen LogP contribution in [0.25, 0.3) is 0 Å². The molecular formula is C20H29N5OS. The number of rotatable bonds is 5. The number of aliphatic hydroxyl groups is 1. The van der Waals surface area contributed by atoms with Gasteiger partial charge in [0, 0.05) is 57.4 Å². The fourth-order valence-corrected chi connectivity index (χ4v) is 4.78. The van der Waals surface area contributed by atoms with E-state index in [2.05, 4.69) is 38.2 Å². The first-order chi connectivity index (χ1) is 13.1. The number of hydrogen-bond acceptors (Lipinski definition) is 7. The molecule has 0 atom stereocenters. The van der Waals surface area contributed by atoms with Crippen molar-refractivity contribution >= 4 is 11.3 Å². The lowest BCUT2D eigenvalue weighted by Gasteiger charge is -2.37. The Morgan fingerprint density at radius 1 is 1.04 bits per heavy atom. The van der Waals surface area contributed by atoms with Crippen LogP contribution in [-0.2, 0) is 18.7 Å². The highest BCUT2D eigenvalue weighted by Crippen LogP contribution is 2.34. The quantitative estimate of drug-likeness (QED) is 0.844. The minimum Gasteiger partial charge on any atom is -0.383 e. The van der Waals surface area contributed by atoms with Crippen LogP contribution >= 0.6 is 11.3 Å². The molecule has 0 spiro atoms. The standard InChI is InChI=1S/C20H29N5OS/c1-23-10-12-25(13-11-23)15-19-22-18(16-27-19)20(26)5-8-24(9-6-20)14-17-4-2-3-7-21-17/h2-4,7,16,26H,5-6,8-15H2,1H3. The molecule has 2 saturated heterocycles. The number of pyridine rings is 1. The van der Waals surface area contributed by atoms with E-state index >= 15 is 0 Å². The molecule has 0 aliphatic carbocycles. The van der Waals surface area contributed by atoms with E-state index in [1.807, 2.05) is 18.3 Å². The van der Waals surface area contributed by atoms with Gasteiger partial charge >= 0.3 is 0 Å². The van der Waals surface area contributed by atoms with Crippen molar-refractivity contribution in [3.63, 3.8) is 0 Å². The topological polar surface area (TPSA) is 55.7 Å². The first-order valence-corrected chi connectivity index (χ1v) is 10.7. The number of likely N-dealkylation sites (tertiary alicyclic amines) is 1. The first kappa shape index (κ1) is 19.0. The van der Waals surface area contributed by atoms with Crippen molar-refractivity contribution < 1.29 is 5.11 Å². The number of aromatic nitrogens is 2. The molecule has 27 heavy (non-hydrogen) atoms. The van der Waals surface area contributed by atoms with Crippen LogP contribution in [-0.4, -0.2) is 76.1 Å². The smallest absolute Gasteiger partial charge is 0.110 e. The largest absolute Gasteiger partial charge is 0.383 e. The normalized spacial score (nSPS) is 22.1. The van der Waals surface area contributed by atoms with Gasteiger partial charge in [0.1, 0.15) is 10.6 Å². The Labute approximate surface area is 165 Å². The van der Waals surface area contributed by atoms with E-state index in [1.54, 1.807) is 11.3 Å².